The van der Waals surface area contributed by atoms with Gasteiger partial charge in [0.2, 0.25) is 0 Å². The maximum atomic E-state index is 12.2. The minimum absolute atomic E-state index is 0.127. The first-order chi connectivity index (χ1) is 23.7. The minimum atomic E-state index is -5.82. The quantitative estimate of drug-likeness (QED) is 0.0441. The highest BCUT2D eigenvalue weighted by molar-refractivity contribution is 7.66. The number of phosphoric acid groups is 3. The van der Waals surface area contributed by atoms with Gasteiger partial charge < -0.3 is 64.5 Å². The molecule has 288 valence electrons. The Morgan fingerprint density at radius 2 is 1.36 bits per heavy atom. The van der Waals surface area contributed by atoms with Gasteiger partial charge >= 0.3 is 23.5 Å². The van der Waals surface area contributed by atoms with Crippen molar-refractivity contribution in [1.82, 2.24) is 19.5 Å². The zero-order chi connectivity index (χ0) is 36.6. The number of hydrogen-bond acceptors (Lipinski definition) is 18. The third-order valence-corrected chi connectivity index (χ3v) is 10.4. The number of aliphatic hydroxyl groups is 2. The van der Waals surface area contributed by atoms with Crippen LogP contribution < -0.4 is 11.1 Å². The largest absolute Gasteiger partial charge is 0.490 e. The van der Waals surface area contributed by atoms with Gasteiger partial charge in [0.1, 0.15) is 18.5 Å². The molecule has 2 aromatic heterocycles. The maximum Gasteiger partial charge on any atom is 0.490 e. The predicted octanol–water partition coefficient (Wildman–Crippen LogP) is 0.134. The summed E-state index contributed by atoms with van der Waals surface area (Å²) in [5.41, 5.74) is 5.78. The summed E-state index contributed by atoms with van der Waals surface area (Å²) in [6.07, 6.45) is -0.705. The fourth-order valence-corrected chi connectivity index (χ4v) is 7.44. The van der Waals surface area contributed by atoms with Gasteiger partial charge in [0, 0.05) is 33.0 Å². The normalized spacial score (nSPS) is 22.1. The number of hydrogen-bond donors (Lipinski definition) is 8. The van der Waals surface area contributed by atoms with Gasteiger partial charge in [-0.2, -0.15) is 8.62 Å². The van der Waals surface area contributed by atoms with Gasteiger partial charge in [-0.3, -0.25) is 9.09 Å². The molecule has 1 fully saturated rings. The molecule has 0 spiro atoms. The molecule has 1 aliphatic heterocycles. The van der Waals surface area contributed by atoms with Crippen LogP contribution in [0.5, 0.6) is 0 Å². The van der Waals surface area contributed by atoms with Crippen LogP contribution in [0.2, 0.25) is 0 Å². The Bertz CT molecular complexity index is 1440. The molecule has 50 heavy (non-hydrogen) atoms. The molecule has 26 heteroatoms. The highest BCUT2D eigenvalue weighted by Gasteiger charge is 2.50. The van der Waals surface area contributed by atoms with Crippen LogP contribution in [0.25, 0.3) is 11.2 Å². The average molecular weight is 783 g/mol. The fourth-order valence-electron chi connectivity index (χ4n) is 4.34. The van der Waals surface area contributed by atoms with Crippen molar-refractivity contribution < 1.29 is 80.3 Å². The highest BCUT2D eigenvalue weighted by atomic mass is 31.3. The second-order valence-corrected chi connectivity index (χ2v) is 14.9. The van der Waals surface area contributed by atoms with Crippen molar-refractivity contribution in [2.75, 3.05) is 71.3 Å². The summed E-state index contributed by atoms with van der Waals surface area (Å²) in [6.45, 7) is 5.58. The van der Waals surface area contributed by atoms with Crippen molar-refractivity contribution in [3.63, 3.8) is 0 Å². The van der Waals surface area contributed by atoms with E-state index in [1.807, 2.05) is 0 Å². The van der Waals surface area contributed by atoms with Crippen molar-refractivity contribution in [3.8, 4) is 0 Å². The molecule has 9 N–H and O–H groups in total. The lowest BCUT2D eigenvalue weighted by molar-refractivity contribution is -0.133. The number of fused-ring (bicyclic) bond motifs is 1. The van der Waals surface area contributed by atoms with Crippen LogP contribution in [-0.4, -0.2) is 134 Å². The Morgan fingerprint density at radius 3 is 1.96 bits per heavy atom. The number of rotatable bonds is 27. The Balaban J connectivity index is 1.34. The van der Waals surface area contributed by atoms with Gasteiger partial charge in [0.15, 0.2) is 29.5 Å². The lowest BCUT2D eigenvalue weighted by Crippen LogP contribution is -2.32. The first-order valence-electron chi connectivity index (χ1n) is 15.5. The molecule has 0 aliphatic carbocycles. The number of phosphoric ester groups is 1. The third-order valence-electron chi connectivity index (χ3n) is 6.55. The number of imidazole rings is 1. The zero-order valence-electron chi connectivity index (χ0n) is 27.0. The maximum absolute atomic E-state index is 12.2. The third kappa shape index (κ3) is 15.2. The number of anilines is 1. The van der Waals surface area contributed by atoms with Gasteiger partial charge in [-0.1, -0.05) is 0 Å². The van der Waals surface area contributed by atoms with Crippen molar-refractivity contribution >= 4 is 40.4 Å². The summed E-state index contributed by atoms with van der Waals surface area (Å²) in [5, 5.41) is 24.0. The van der Waals surface area contributed by atoms with E-state index in [0.717, 1.165) is 25.7 Å². The fraction of sp³-hybridized carbons (Fsp3) is 0.792. The molecule has 0 aromatic carbocycles. The standard InChI is InChI=1S/C24H45N6O17P3/c25-6-4-10-42-14-12-40-8-2-1-3-9-41-13-15-43-11-5-7-26-21-18-22(28-16-27-21)30(17-29-18)23-19(31)20(32)24(44-23)45-49(36,37)47-50(38,39)46-48(33,34)35/h16-17,19-20,23-24,31-32H,1-15,25H2,(H,36,37)(H,38,39)(H,26,27,28)(H2,33,34,35). The highest BCUT2D eigenvalue weighted by Crippen LogP contribution is 2.67. The van der Waals surface area contributed by atoms with E-state index in [0.29, 0.717) is 78.2 Å². The second kappa shape index (κ2) is 21.2. The molecule has 2 aromatic rings. The lowest BCUT2D eigenvalue weighted by atomic mass is 10.2. The molecule has 0 bridgehead atoms. The van der Waals surface area contributed by atoms with Crippen LogP contribution in [0.3, 0.4) is 0 Å². The molecule has 3 rings (SSSR count). The number of nitrogens with zero attached hydrogens (tertiary/aromatic N) is 4. The van der Waals surface area contributed by atoms with Crippen LogP contribution in [0, 0.1) is 0 Å². The monoisotopic (exact) mass is 782 g/mol. The van der Waals surface area contributed by atoms with Gasteiger partial charge in [-0.05, 0) is 38.6 Å². The van der Waals surface area contributed by atoms with E-state index < -0.39 is 48.2 Å². The molecule has 0 radical (unpaired) electrons. The topological polar surface area (TPSA) is 328 Å². The number of aliphatic hydroxyl groups excluding tert-OH is 2. The molecule has 3 heterocycles. The van der Waals surface area contributed by atoms with E-state index in [1.165, 1.54) is 17.2 Å². The molecular weight excluding hydrogens is 737 g/mol. The molecule has 0 saturated carbocycles. The van der Waals surface area contributed by atoms with E-state index in [9.17, 15) is 33.7 Å². The Hall–Kier alpha value is -1.56. The number of ether oxygens (including phenoxy) is 5. The molecular formula is C24H45N6O17P3. The van der Waals surface area contributed by atoms with Gasteiger partial charge in [-0.15, -0.1) is 0 Å². The van der Waals surface area contributed by atoms with E-state index >= 15 is 0 Å². The van der Waals surface area contributed by atoms with E-state index in [-0.39, 0.29) is 11.2 Å². The molecule has 6 atom stereocenters. The van der Waals surface area contributed by atoms with Crippen molar-refractivity contribution in [2.45, 2.75) is 56.8 Å². The van der Waals surface area contributed by atoms with Crippen LogP contribution in [0.15, 0.2) is 12.7 Å². The number of unbranched alkanes of at least 4 members (excludes halogenated alkanes) is 2. The Kier molecular flexibility index (Phi) is 18.2. The van der Waals surface area contributed by atoms with Crippen molar-refractivity contribution in [1.29, 1.82) is 0 Å². The number of nitrogens with one attached hydrogen (secondary N) is 1. The second-order valence-electron chi connectivity index (χ2n) is 10.6. The summed E-state index contributed by atoms with van der Waals surface area (Å²) >= 11 is 0. The van der Waals surface area contributed by atoms with Gasteiger partial charge in [0.05, 0.1) is 32.8 Å². The van der Waals surface area contributed by atoms with Crippen LogP contribution >= 0.6 is 23.5 Å². The zero-order valence-corrected chi connectivity index (χ0v) is 29.6. The SMILES string of the molecule is NCCCOCCOCCCCCOCCOCCCNc1ncnc2c1ncn2C1OC(OP(=O)(O)OP(=O)(O)OP(=O)(O)O)C(O)C1O. The summed E-state index contributed by atoms with van der Waals surface area (Å²) in [4.78, 5) is 48.9. The lowest BCUT2D eigenvalue weighted by Gasteiger charge is -2.20. The van der Waals surface area contributed by atoms with Crippen LogP contribution in [-0.2, 0) is 50.5 Å². The summed E-state index contributed by atoms with van der Waals surface area (Å²) in [6, 6.07) is 0. The van der Waals surface area contributed by atoms with Crippen LogP contribution in [0.1, 0.15) is 38.3 Å². The Labute approximate surface area is 286 Å². The molecule has 1 aliphatic rings. The average Bonchev–Trinajstić information content (AvgIpc) is 3.57. The van der Waals surface area contributed by atoms with E-state index in [1.54, 1.807) is 0 Å². The predicted molar refractivity (Wildman–Crippen MR) is 170 cm³/mol. The summed E-state index contributed by atoms with van der Waals surface area (Å²) < 4.78 is 75.0. The van der Waals surface area contributed by atoms with E-state index in [2.05, 4.69) is 33.4 Å². The molecule has 1 saturated heterocycles. The minimum Gasteiger partial charge on any atom is -0.385 e. The Morgan fingerprint density at radius 1 is 0.760 bits per heavy atom. The van der Waals surface area contributed by atoms with Crippen molar-refractivity contribution in [3.05, 3.63) is 12.7 Å². The first kappa shape index (κ1) is 42.8. The molecule has 6 unspecified atom stereocenters. The summed E-state index contributed by atoms with van der Waals surface area (Å²) in [7, 11) is -17.1. The van der Waals surface area contributed by atoms with Gasteiger partial charge in [0.25, 0.3) is 0 Å². The van der Waals surface area contributed by atoms with Crippen LogP contribution in [0.4, 0.5) is 5.82 Å². The smallest absolute Gasteiger partial charge is 0.385 e. The van der Waals surface area contributed by atoms with Crippen molar-refractivity contribution in [2.24, 2.45) is 5.73 Å². The first-order valence-corrected chi connectivity index (χ1v) is 20.0. The summed E-state index contributed by atoms with van der Waals surface area (Å²) in [5.74, 6) is 0.330. The van der Waals surface area contributed by atoms with E-state index in [4.69, 9.17) is 39.2 Å². The molecule has 23 nitrogen and oxygen atoms in total. The molecule has 0 amide bonds. The van der Waals surface area contributed by atoms with Gasteiger partial charge in [-0.25, -0.2) is 28.6 Å². The number of aromatic nitrogens is 4. The number of nitrogens with two attached hydrogens (primary N) is 1.